The van der Waals surface area contributed by atoms with Gasteiger partial charge in [0.1, 0.15) is 10.8 Å². The summed E-state index contributed by atoms with van der Waals surface area (Å²) in [5, 5.41) is 3.61. The first-order valence-electron chi connectivity index (χ1n) is 9.90. The highest BCUT2D eigenvalue weighted by Gasteiger charge is 2.29. The normalized spacial score (nSPS) is 15.5. The minimum atomic E-state index is -0.331. The Morgan fingerprint density at radius 3 is 2.72 bits per heavy atom. The Morgan fingerprint density at radius 1 is 1.28 bits per heavy atom. The first-order valence-corrected chi connectivity index (χ1v) is 11.7. The molecule has 1 aliphatic rings. The topological polar surface area (TPSA) is 64.6 Å². The maximum atomic E-state index is 12.5. The van der Waals surface area contributed by atoms with Gasteiger partial charge in [-0.05, 0) is 61.9 Å². The zero-order valence-corrected chi connectivity index (χ0v) is 18.7. The quantitative estimate of drug-likeness (QED) is 0.459. The van der Waals surface area contributed by atoms with E-state index in [1.54, 1.807) is 25.8 Å². The smallest absolute Gasteiger partial charge is 0.341 e. The molecule has 1 amide bonds. The molecule has 3 rings (SSSR count). The molecule has 0 aliphatic heterocycles. The SMILES string of the molecule is CCOC(=O)c1c(NC(=O)CCSc2ccc(OC)cc2)sc2c1CCC(C)C2. The maximum absolute atomic E-state index is 12.5. The van der Waals surface area contributed by atoms with Crippen LogP contribution >= 0.6 is 23.1 Å². The fourth-order valence-electron chi connectivity index (χ4n) is 3.38. The van der Waals surface area contributed by atoms with Crippen molar-refractivity contribution in [3.63, 3.8) is 0 Å². The number of methoxy groups -OCH3 is 1. The summed E-state index contributed by atoms with van der Waals surface area (Å²) in [7, 11) is 1.64. The van der Waals surface area contributed by atoms with Crippen molar-refractivity contribution in [1.29, 1.82) is 0 Å². The first kappa shape index (κ1) is 21.7. The molecule has 1 heterocycles. The second-order valence-corrected chi connectivity index (χ2v) is 9.37. The number of thiophene rings is 1. The van der Waals surface area contributed by atoms with Crippen LogP contribution in [0, 0.1) is 5.92 Å². The second kappa shape index (κ2) is 10.2. The predicted molar refractivity (Wildman–Crippen MR) is 118 cm³/mol. The first-order chi connectivity index (χ1) is 14.0. The van der Waals surface area contributed by atoms with E-state index in [0.717, 1.165) is 35.5 Å². The number of nitrogens with one attached hydrogen (secondary N) is 1. The highest BCUT2D eigenvalue weighted by molar-refractivity contribution is 7.99. The van der Waals surface area contributed by atoms with Gasteiger partial charge in [-0.2, -0.15) is 0 Å². The van der Waals surface area contributed by atoms with Crippen molar-refractivity contribution in [2.75, 3.05) is 24.8 Å². The highest BCUT2D eigenvalue weighted by Crippen LogP contribution is 2.40. The monoisotopic (exact) mass is 433 g/mol. The predicted octanol–water partition coefficient (Wildman–Crippen LogP) is 5.18. The van der Waals surface area contributed by atoms with Crippen molar-refractivity contribution in [2.24, 2.45) is 5.92 Å². The number of fused-ring (bicyclic) bond motifs is 1. The van der Waals surface area contributed by atoms with Gasteiger partial charge in [0.05, 0.1) is 19.3 Å². The van der Waals surface area contributed by atoms with Crippen molar-refractivity contribution in [2.45, 2.75) is 44.4 Å². The summed E-state index contributed by atoms with van der Waals surface area (Å²) in [6.07, 6.45) is 3.25. The molecule has 156 valence electrons. The molecule has 1 aromatic carbocycles. The Hall–Kier alpha value is -1.99. The molecule has 1 unspecified atom stereocenters. The largest absolute Gasteiger partial charge is 0.497 e. The maximum Gasteiger partial charge on any atom is 0.341 e. The molecule has 0 saturated carbocycles. The van der Waals surface area contributed by atoms with Crippen LogP contribution in [0.1, 0.15) is 47.5 Å². The summed E-state index contributed by atoms with van der Waals surface area (Å²) < 4.78 is 10.4. The molecule has 0 saturated heterocycles. The van der Waals surface area contributed by atoms with Crippen LogP contribution < -0.4 is 10.1 Å². The number of hydrogen-bond donors (Lipinski definition) is 1. The third-order valence-corrected chi connectivity index (χ3v) is 7.09. The molecule has 2 aromatic rings. The minimum absolute atomic E-state index is 0.0804. The molecular formula is C22H27NO4S2. The van der Waals surface area contributed by atoms with Crippen LogP contribution in [0.15, 0.2) is 29.2 Å². The Morgan fingerprint density at radius 2 is 2.03 bits per heavy atom. The summed E-state index contributed by atoms with van der Waals surface area (Å²) in [4.78, 5) is 27.3. The molecule has 1 N–H and O–H groups in total. The van der Waals surface area contributed by atoms with Gasteiger partial charge in [-0.1, -0.05) is 6.92 Å². The number of amides is 1. The third kappa shape index (κ3) is 5.54. The van der Waals surface area contributed by atoms with Gasteiger partial charge in [0, 0.05) is 21.9 Å². The van der Waals surface area contributed by atoms with Crippen LogP contribution in [-0.2, 0) is 22.4 Å². The van der Waals surface area contributed by atoms with E-state index in [4.69, 9.17) is 9.47 Å². The molecule has 1 aromatic heterocycles. The number of hydrogen-bond acceptors (Lipinski definition) is 6. The van der Waals surface area contributed by atoms with E-state index in [0.29, 0.717) is 35.3 Å². The van der Waals surface area contributed by atoms with Gasteiger partial charge in [-0.3, -0.25) is 4.79 Å². The number of carbonyl (C=O) groups is 2. The van der Waals surface area contributed by atoms with Gasteiger partial charge in [0.2, 0.25) is 5.91 Å². The fourth-order valence-corrected chi connectivity index (χ4v) is 5.65. The van der Waals surface area contributed by atoms with Crippen molar-refractivity contribution >= 4 is 40.0 Å². The standard InChI is InChI=1S/C22H27NO4S2/c1-4-27-22(25)20-17-10-5-14(2)13-18(17)29-21(20)23-19(24)11-12-28-16-8-6-15(26-3)7-9-16/h6-9,14H,4-5,10-13H2,1-3H3,(H,23,24). The lowest BCUT2D eigenvalue weighted by Gasteiger charge is -2.18. The molecule has 0 radical (unpaired) electrons. The van der Waals surface area contributed by atoms with Crippen LogP contribution in [0.2, 0.25) is 0 Å². The minimum Gasteiger partial charge on any atom is -0.497 e. The number of carbonyl (C=O) groups excluding carboxylic acids is 2. The van der Waals surface area contributed by atoms with E-state index in [2.05, 4.69) is 12.2 Å². The van der Waals surface area contributed by atoms with Crippen LogP contribution in [-0.4, -0.2) is 31.3 Å². The molecule has 0 spiro atoms. The number of ether oxygens (including phenoxy) is 2. The van der Waals surface area contributed by atoms with Gasteiger partial charge >= 0.3 is 5.97 Å². The summed E-state index contributed by atoms with van der Waals surface area (Å²) in [6, 6.07) is 7.78. The van der Waals surface area contributed by atoms with Crippen molar-refractivity contribution in [3.8, 4) is 5.75 Å². The van der Waals surface area contributed by atoms with E-state index in [-0.39, 0.29) is 11.9 Å². The number of esters is 1. The summed E-state index contributed by atoms with van der Waals surface area (Å²) in [5.41, 5.74) is 1.63. The summed E-state index contributed by atoms with van der Waals surface area (Å²) in [6.45, 7) is 4.35. The van der Waals surface area contributed by atoms with Crippen LogP contribution in [0.3, 0.4) is 0 Å². The Bertz CT molecular complexity index is 860. The second-order valence-electron chi connectivity index (χ2n) is 7.10. The summed E-state index contributed by atoms with van der Waals surface area (Å²) >= 11 is 3.15. The molecule has 5 nitrogen and oxygen atoms in total. The van der Waals surface area contributed by atoms with Crippen molar-refractivity contribution in [1.82, 2.24) is 0 Å². The molecule has 0 bridgehead atoms. The van der Waals surface area contributed by atoms with E-state index in [1.807, 2.05) is 24.3 Å². The highest BCUT2D eigenvalue weighted by atomic mass is 32.2. The van der Waals surface area contributed by atoms with Gasteiger partial charge in [-0.15, -0.1) is 23.1 Å². The van der Waals surface area contributed by atoms with Crippen LogP contribution in [0.25, 0.3) is 0 Å². The lowest BCUT2D eigenvalue weighted by atomic mass is 9.88. The van der Waals surface area contributed by atoms with Gasteiger partial charge in [0.15, 0.2) is 0 Å². The van der Waals surface area contributed by atoms with E-state index in [1.165, 1.54) is 16.2 Å². The average Bonchev–Trinajstić information content (AvgIpc) is 3.05. The van der Waals surface area contributed by atoms with Crippen molar-refractivity contribution < 1.29 is 19.1 Å². The lowest BCUT2D eigenvalue weighted by molar-refractivity contribution is -0.115. The van der Waals surface area contributed by atoms with E-state index < -0.39 is 0 Å². The molecular weight excluding hydrogens is 406 g/mol. The van der Waals surface area contributed by atoms with E-state index in [9.17, 15) is 9.59 Å². The zero-order valence-electron chi connectivity index (χ0n) is 17.1. The number of anilines is 1. The Labute approximate surface area is 180 Å². The average molecular weight is 434 g/mol. The Kier molecular flexibility index (Phi) is 7.61. The fraction of sp³-hybridized carbons (Fsp3) is 0.455. The number of benzene rings is 1. The molecule has 1 aliphatic carbocycles. The van der Waals surface area contributed by atoms with Gasteiger partial charge in [-0.25, -0.2) is 4.79 Å². The summed E-state index contributed by atoms with van der Waals surface area (Å²) in [5.74, 6) is 1.66. The van der Waals surface area contributed by atoms with Crippen LogP contribution in [0.5, 0.6) is 5.75 Å². The Balaban J connectivity index is 1.63. The van der Waals surface area contributed by atoms with Gasteiger partial charge < -0.3 is 14.8 Å². The molecule has 1 atom stereocenters. The number of thioether (sulfide) groups is 1. The van der Waals surface area contributed by atoms with Gasteiger partial charge in [0.25, 0.3) is 0 Å². The third-order valence-electron chi connectivity index (χ3n) is 4.90. The lowest BCUT2D eigenvalue weighted by Crippen LogP contribution is -2.16. The molecule has 29 heavy (non-hydrogen) atoms. The number of rotatable bonds is 8. The molecule has 0 fully saturated rings. The van der Waals surface area contributed by atoms with Crippen molar-refractivity contribution in [3.05, 3.63) is 40.3 Å². The van der Waals surface area contributed by atoms with E-state index >= 15 is 0 Å². The van der Waals surface area contributed by atoms with Crippen LogP contribution in [0.4, 0.5) is 5.00 Å². The zero-order chi connectivity index (χ0) is 20.8. The molecule has 7 heteroatoms.